The highest BCUT2D eigenvalue weighted by Crippen LogP contribution is 2.59. The second-order valence-corrected chi connectivity index (χ2v) is 7.96. The molecule has 1 heterocycles. The van der Waals surface area contributed by atoms with Crippen molar-refractivity contribution >= 4 is 11.7 Å². The zero-order valence-electron chi connectivity index (χ0n) is 18.9. The van der Waals surface area contributed by atoms with Gasteiger partial charge in [0, 0.05) is 11.3 Å². The van der Waals surface area contributed by atoms with E-state index in [9.17, 15) is 54.7 Å². The first kappa shape index (κ1) is 28.8. The third kappa shape index (κ3) is 3.93. The van der Waals surface area contributed by atoms with Crippen LogP contribution in [0.5, 0.6) is 0 Å². The third-order valence-electron chi connectivity index (χ3n) is 5.70. The number of anilines is 1. The Morgan fingerprint density at radius 1 is 1.03 bits per heavy atom. The van der Waals surface area contributed by atoms with Crippen LogP contribution in [0, 0.1) is 30.6 Å². The Bertz CT molecular complexity index is 1150. The van der Waals surface area contributed by atoms with E-state index in [1.807, 2.05) is 0 Å². The number of aryl methyl sites for hydroxylation is 2. The van der Waals surface area contributed by atoms with E-state index >= 15 is 0 Å². The number of ether oxygens (including phenoxy) is 1. The first-order chi connectivity index (χ1) is 16.1. The molecule has 1 atom stereocenters. The number of nitrogens with zero attached hydrogens (tertiary/aromatic N) is 2. The van der Waals surface area contributed by atoms with E-state index in [1.54, 1.807) is 0 Å². The predicted octanol–water partition coefficient (Wildman–Crippen LogP) is 4.76. The second kappa shape index (κ2) is 8.61. The molecule has 15 heteroatoms. The molecule has 36 heavy (non-hydrogen) atoms. The molecule has 0 saturated heterocycles. The summed E-state index contributed by atoms with van der Waals surface area (Å²) in [4.78, 5) is 12.5. The fraction of sp³-hybridized carbons (Fsp3) is 0.429. The number of methoxy groups -OCH3 is 1. The highest BCUT2D eigenvalue weighted by atomic mass is 19.4. The molecule has 1 unspecified atom stereocenters. The minimum atomic E-state index is -6.02. The summed E-state index contributed by atoms with van der Waals surface area (Å²) in [5.41, 5.74) is -7.61. The minimum absolute atomic E-state index is 0.240. The Balaban J connectivity index is 2.89. The van der Waals surface area contributed by atoms with E-state index in [1.165, 1.54) is 0 Å². The number of carbonyl (C=O) groups is 1. The number of hydrogen-bond donors (Lipinski definition) is 2. The molecule has 0 fully saturated rings. The number of carbonyl (C=O) groups excluding carboxylic acids is 1. The molecular weight excluding hydrogens is 513 g/mol. The summed E-state index contributed by atoms with van der Waals surface area (Å²) in [6.45, 7) is 3.06. The van der Waals surface area contributed by atoms with Gasteiger partial charge in [0.15, 0.2) is 0 Å². The number of allylic oxidation sites excluding steroid dienone is 3. The van der Waals surface area contributed by atoms with Gasteiger partial charge >= 0.3 is 24.5 Å². The SMILES string of the molecule is COC(=O)C(O)(c1cc(C)c(N2C(C)=CC(C(F)(F)F)(C(F)(F)F)C(C#N)=C2N)c(C)c1)C(F)(F)F. The first-order valence-electron chi connectivity index (χ1n) is 9.66. The van der Waals surface area contributed by atoms with Gasteiger partial charge in [0.05, 0.1) is 18.4 Å². The summed E-state index contributed by atoms with van der Waals surface area (Å²) in [7, 11) is 0.595. The maximum atomic E-state index is 13.8. The van der Waals surface area contributed by atoms with E-state index in [2.05, 4.69) is 4.74 Å². The topological polar surface area (TPSA) is 99.6 Å². The summed E-state index contributed by atoms with van der Waals surface area (Å²) >= 11 is 0. The van der Waals surface area contributed by atoms with Crippen LogP contribution in [0.3, 0.4) is 0 Å². The Kier molecular flexibility index (Phi) is 6.89. The van der Waals surface area contributed by atoms with E-state index in [4.69, 9.17) is 5.73 Å². The van der Waals surface area contributed by atoms with Crippen LogP contribution >= 0.6 is 0 Å². The summed E-state index contributed by atoms with van der Waals surface area (Å²) in [5, 5.41) is 19.5. The Morgan fingerprint density at radius 3 is 1.81 bits per heavy atom. The van der Waals surface area contributed by atoms with Crippen molar-refractivity contribution < 1.29 is 54.2 Å². The molecule has 0 radical (unpaired) electrons. The van der Waals surface area contributed by atoms with Gasteiger partial charge in [-0.2, -0.15) is 44.8 Å². The molecule has 1 aliphatic rings. The summed E-state index contributed by atoms with van der Waals surface area (Å²) < 4.78 is 128. The van der Waals surface area contributed by atoms with Crippen molar-refractivity contribution in [3.63, 3.8) is 0 Å². The Hall–Kier alpha value is -3.41. The van der Waals surface area contributed by atoms with Crippen molar-refractivity contribution in [1.82, 2.24) is 0 Å². The zero-order chi connectivity index (χ0) is 28.2. The third-order valence-corrected chi connectivity index (χ3v) is 5.70. The average molecular weight is 531 g/mol. The molecule has 3 N–H and O–H groups in total. The molecule has 1 aromatic rings. The van der Waals surface area contributed by atoms with Crippen molar-refractivity contribution in [3.8, 4) is 6.07 Å². The minimum Gasteiger partial charge on any atom is -0.466 e. The van der Waals surface area contributed by atoms with Crippen LogP contribution in [0.4, 0.5) is 45.2 Å². The fourth-order valence-electron chi connectivity index (χ4n) is 4.07. The number of rotatable bonds is 3. The van der Waals surface area contributed by atoms with Gasteiger partial charge in [0.25, 0.3) is 5.60 Å². The fourth-order valence-corrected chi connectivity index (χ4v) is 4.07. The lowest BCUT2D eigenvalue weighted by Gasteiger charge is -2.42. The number of benzene rings is 1. The maximum absolute atomic E-state index is 13.8. The molecule has 198 valence electrons. The van der Waals surface area contributed by atoms with Crippen LogP contribution in [0.15, 0.2) is 35.3 Å². The summed E-state index contributed by atoms with van der Waals surface area (Å²) in [6, 6.07) is 2.17. The van der Waals surface area contributed by atoms with Gasteiger partial charge in [-0.1, -0.05) is 12.1 Å². The van der Waals surface area contributed by atoms with Crippen molar-refractivity contribution in [3.05, 3.63) is 52.0 Å². The van der Waals surface area contributed by atoms with Crippen LogP contribution in [0.25, 0.3) is 0 Å². The Morgan fingerprint density at radius 2 is 1.47 bits per heavy atom. The van der Waals surface area contributed by atoms with Gasteiger partial charge in [-0.3, -0.25) is 0 Å². The van der Waals surface area contributed by atoms with Gasteiger partial charge in [-0.05, 0) is 38.0 Å². The van der Waals surface area contributed by atoms with Crippen LogP contribution in [0.2, 0.25) is 0 Å². The van der Waals surface area contributed by atoms with E-state index in [0.717, 1.165) is 26.8 Å². The standard InChI is InChI=1S/C21H18F9N3O3/c1-9-5-12(18(35,16(34)36-4)21(28,29)30)6-10(2)14(9)33-11(3)7-17(19(22,23)24,20(25,26)27)13(8-31)15(33)32/h5-7,35H,32H2,1-4H3. The molecule has 1 aromatic carbocycles. The van der Waals surface area contributed by atoms with E-state index in [-0.39, 0.29) is 22.9 Å². The van der Waals surface area contributed by atoms with Gasteiger partial charge in [0.1, 0.15) is 11.9 Å². The highest BCUT2D eigenvalue weighted by Gasteiger charge is 2.73. The van der Waals surface area contributed by atoms with Gasteiger partial charge in [0.2, 0.25) is 5.41 Å². The number of halogens is 9. The molecule has 0 spiro atoms. The molecule has 2 rings (SSSR count). The lowest BCUT2D eigenvalue weighted by atomic mass is 9.75. The van der Waals surface area contributed by atoms with Crippen LogP contribution in [0.1, 0.15) is 23.6 Å². The van der Waals surface area contributed by atoms with Crippen LogP contribution in [-0.4, -0.2) is 36.7 Å². The molecular formula is C21H18F9N3O3. The van der Waals surface area contributed by atoms with Gasteiger partial charge in [-0.25, -0.2) is 4.79 Å². The smallest absolute Gasteiger partial charge is 0.432 e. The van der Waals surface area contributed by atoms with Crippen molar-refractivity contribution in [2.75, 3.05) is 12.0 Å². The summed E-state index contributed by atoms with van der Waals surface area (Å²) in [6.07, 6.45) is -17.8. The second-order valence-electron chi connectivity index (χ2n) is 7.96. The number of hydrogen-bond acceptors (Lipinski definition) is 6. The number of esters is 1. The van der Waals surface area contributed by atoms with Gasteiger partial charge < -0.3 is 20.5 Å². The Labute approximate surface area is 198 Å². The predicted molar refractivity (Wildman–Crippen MR) is 105 cm³/mol. The van der Waals surface area contributed by atoms with Crippen LogP contribution < -0.4 is 10.6 Å². The molecule has 6 nitrogen and oxygen atoms in total. The lowest BCUT2D eigenvalue weighted by Crippen LogP contribution is -2.54. The van der Waals surface area contributed by atoms with Crippen molar-refractivity contribution in [2.45, 2.75) is 44.9 Å². The normalized spacial score (nSPS) is 18.4. The maximum Gasteiger partial charge on any atom is 0.432 e. The quantitative estimate of drug-likeness (QED) is 0.432. The number of alkyl halides is 9. The first-order valence-corrected chi connectivity index (χ1v) is 9.66. The molecule has 0 saturated carbocycles. The molecule has 0 aliphatic carbocycles. The molecule has 0 bridgehead atoms. The number of nitrogens with two attached hydrogens (primary N) is 1. The van der Waals surface area contributed by atoms with Crippen molar-refractivity contribution in [1.29, 1.82) is 5.26 Å². The van der Waals surface area contributed by atoms with E-state index < -0.39 is 58.2 Å². The van der Waals surface area contributed by atoms with E-state index in [0.29, 0.717) is 24.1 Å². The molecule has 1 aliphatic heterocycles. The average Bonchev–Trinajstić information content (AvgIpc) is 2.71. The molecule has 0 aromatic heterocycles. The lowest BCUT2D eigenvalue weighted by molar-refractivity contribution is -0.306. The summed E-state index contributed by atoms with van der Waals surface area (Å²) in [5.74, 6) is -3.34. The van der Waals surface area contributed by atoms with Crippen molar-refractivity contribution in [2.24, 2.45) is 11.1 Å². The number of nitriles is 1. The monoisotopic (exact) mass is 531 g/mol. The zero-order valence-corrected chi connectivity index (χ0v) is 18.9. The number of aliphatic hydroxyl groups is 1. The van der Waals surface area contributed by atoms with Gasteiger partial charge in [-0.15, -0.1) is 0 Å². The van der Waals surface area contributed by atoms with Crippen LogP contribution in [-0.2, 0) is 15.1 Å². The highest BCUT2D eigenvalue weighted by molar-refractivity contribution is 5.83. The molecule has 0 amide bonds. The largest absolute Gasteiger partial charge is 0.466 e.